The minimum Gasteiger partial charge on any atom is -0.363 e. The second kappa shape index (κ2) is 12.9. The normalized spacial score (nSPS) is 13.8. The van der Waals surface area contributed by atoms with Crippen molar-refractivity contribution in [2.45, 2.75) is 38.4 Å². The molecule has 0 atom stereocenters. The topological polar surface area (TPSA) is 126 Å². The van der Waals surface area contributed by atoms with E-state index in [9.17, 15) is 22.8 Å². The van der Waals surface area contributed by atoms with Gasteiger partial charge in [0.1, 0.15) is 0 Å². The molecule has 4 rings (SSSR count). The Morgan fingerprint density at radius 2 is 1.73 bits per heavy atom. The summed E-state index contributed by atoms with van der Waals surface area (Å²) in [5.41, 5.74) is 13.2. The predicted molar refractivity (Wildman–Crippen MR) is 154 cm³/mol. The van der Waals surface area contributed by atoms with Crippen LogP contribution in [0.25, 0.3) is 5.57 Å². The van der Waals surface area contributed by atoms with Gasteiger partial charge in [0.25, 0.3) is 11.9 Å². The Morgan fingerprint density at radius 1 is 1.02 bits per heavy atom. The number of anilines is 2. The van der Waals surface area contributed by atoms with Crippen molar-refractivity contribution in [1.29, 1.82) is 0 Å². The number of urea groups is 1. The van der Waals surface area contributed by atoms with Gasteiger partial charge < -0.3 is 11.1 Å². The SMILES string of the molecule is NC(N=[NH2+])=NC(=O)c1ccc(CN(C(=O)Nc2ccc(Br)c(C(F)(F)F)c2)c2ccc(C3=CCCCC3)cc2)cc1. The molecule has 0 spiro atoms. The Labute approximate surface area is 242 Å². The van der Waals surface area contributed by atoms with E-state index in [1.807, 2.05) is 12.1 Å². The summed E-state index contributed by atoms with van der Waals surface area (Å²) < 4.78 is 40.2. The van der Waals surface area contributed by atoms with Crippen LogP contribution in [-0.2, 0) is 12.7 Å². The van der Waals surface area contributed by atoms with Gasteiger partial charge in [0.15, 0.2) is 0 Å². The molecule has 212 valence electrons. The summed E-state index contributed by atoms with van der Waals surface area (Å²) in [6, 6.07) is 16.6. The molecule has 8 nitrogen and oxygen atoms in total. The smallest absolute Gasteiger partial charge is 0.363 e. The Kier molecular flexibility index (Phi) is 9.33. The number of halogens is 4. The van der Waals surface area contributed by atoms with Crippen molar-refractivity contribution < 1.29 is 28.3 Å². The van der Waals surface area contributed by atoms with Gasteiger partial charge in [-0.25, -0.2) is 4.79 Å². The fourth-order valence-corrected chi connectivity index (χ4v) is 4.85. The molecule has 0 aliphatic heterocycles. The largest absolute Gasteiger partial charge is 0.417 e. The molecule has 1 aliphatic carbocycles. The number of nitrogens with one attached hydrogen (secondary N) is 1. The number of nitrogens with zero attached hydrogens (tertiary/aromatic N) is 3. The van der Waals surface area contributed by atoms with E-state index in [4.69, 9.17) is 11.3 Å². The van der Waals surface area contributed by atoms with Gasteiger partial charge in [-0.05, 0) is 84.8 Å². The average molecular weight is 628 g/mol. The van der Waals surface area contributed by atoms with Crippen LogP contribution >= 0.6 is 15.9 Å². The van der Waals surface area contributed by atoms with E-state index < -0.39 is 23.7 Å². The van der Waals surface area contributed by atoms with Crippen molar-refractivity contribution >= 4 is 50.8 Å². The number of rotatable bonds is 6. The minimum absolute atomic E-state index is 0.0128. The summed E-state index contributed by atoms with van der Waals surface area (Å²) in [7, 11) is 0. The van der Waals surface area contributed by atoms with E-state index in [-0.39, 0.29) is 28.2 Å². The lowest BCUT2D eigenvalue weighted by atomic mass is 9.93. The molecule has 0 saturated heterocycles. The monoisotopic (exact) mass is 627 g/mol. The number of guanidine groups is 1. The second-order valence-corrected chi connectivity index (χ2v) is 10.2. The minimum atomic E-state index is -4.60. The molecule has 3 aromatic carbocycles. The van der Waals surface area contributed by atoms with Gasteiger partial charge in [-0.1, -0.05) is 46.3 Å². The van der Waals surface area contributed by atoms with E-state index in [1.54, 1.807) is 24.3 Å². The highest BCUT2D eigenvalue weighted by atomic mass is 79.9. The van der Waals surface area contributed by atoms with Crippen LogP contribution in [0.5, 0.6) is 0 Å². The number of nitrogens with two attached hydrogens (primary N) is 2. The number of hydrogen-bond donors (Lipinski definition) is 3. The summed E-state index contributed by atoms with van der Waals surface area (Å²) >= 11 is 2.92. The van der Waals surface area contributed by atoms with Crippen molar-refractivity contribution in [3.63, 3.8) is 0 Å². The molecule has 1 aliphatic rings. The quantitative estimate of drug-likeness (QED) is 0.168. The number of benzene rings is 3. The molecule has 41 heavy (non-hydrogen) atoms. The fraction of sp³-hybridized carbons (Fsp3) is 0.207. The number of carbonyl (C=O) groups is 2. The summed E-state index contributed by atoms with van der Waals surface area (Å²) in [6.07, 6.45) is 1.90. The highest BCUT2D eigenvalue weighted by Crippen LogP contribution is 2.36. The summed E-state index contributed by atoms with van der Waals surface area (Å²) in [6.45, 7) is 0.0640. The lowest BCUT2D eigenvalue weighted by molar-refractivity contribution is -0.207. The second-order valence-electron chi connectivity index (χ2n) is 9.33. The Hall–Kier alpha value is -4.32. The molecule has 0 fully saturated rings. The van der Waals surface area contributed by atoms with Gasteiger partial charge >= 0.3 is 12.2 Å². The van der Waals surface area contributed by atoms with Crippen molar-refractivity contribution in [2.75, 3.05) is 10.2 Å². The lowest BCUT2D eigenvalue weighted by Crippen LogP contribution is -2.34. The third kappa shape index (κ3) is 7.66. The lowest BCUT2D eigenvalue weighted by Gasteiger charge is -2.24. The van der Waals surface area contributed by atoms with Gasteiger partial charge in [0.2, 0.25) is 0 Å². The van der Waals surface area contributed by atoms with Gasteiger partial charge in [0.05, 0.1) is 12.1 Å². The number of carbonyl (C=O) groups excluding carboxylic acids is 2. The van der Waals surface area contributed by atoms with Crippen molar-refractivity contribution in [3.8, 4) is 0 Å². The summed E-state index contributed by atoms with van der Waals surface area (Å²) in [5, 5.41) is 5.73. The van der Waals surface area contributed by atoms with E-state index in [0.717, 1.165) is 37.3 Å². The number of alkyl halides is 3. The van der Waals surface area contributed by atoms with Crippen molar-refractivity contribution in [2.24, 2.45) is 15.8 Å². The molecule has 5 N–H and O–H groups in total. The van der Waals surface area contributed by atoms with E-state index in [1.165, 1.54) is 34.7 Å². The van der Waals surface area contributed by atoms with Crippen LogP contribution in [0.4, 0.5) is 29.3 Å². The maximum absolute atomic E-state index is 13.5. The van der Waals surface area contributed by atoms with Crippen LogP contribution < -0.4 is 21.5 Å². The molecule has 0 radical (unpaired) electrons. The molecular formula is C29H27BrF3N6O2+. The summed E-state index contributed by atoms with van der Waals surface area (Å²) in [5.74, 6) is -1.00. The summed E-state index contributed by atoms with van der Waals surface area (Å²) in [4.78, 5) is 30.7. The molecule has 0 heterocycles. The standard InChI is InChI=1S/C29H26BrF3N6O2/c30-25-15-12-22(16-24(25)29(31,32)33)36-28(41)39(23-13-10-20(11-14-23)19-4-2-1-3-5-19)17-18-6-8-21(9-7-18)26(40)37-27(34)38-35/h4,6-16,35H,1-3,5,17H2,(H,36,41)(H2,34,37,40)/p+1. The number of amides is 3. The third-order valence-corrected chi connectivity index (χ3v) is 7.19. The molecule has 3 aromatic rings. The number of aliphatic imine (C=N–C) groups is 1. The Morgan fingerprint density at radius 3 is 2.34 bits per heavy atom. The van der Waals surface area contributed by atoms with Crippen LogP contribution in [0.3, 0.4) is 0 Å². The molecular weight excluding hydrogens is 601 g/mol. The zero-order valence-corrected chi connectivity index (χ0v) is 23.4. The first-order valence-electron chi connectivity index (χ1n) is 12.7. The zero-order chi connectivity index (χ0) is 29.6. The average Bonchev–Trinajstić information content (AvgIpc) is 2.97. The first-order chi connectivity index (χ1) is 19.5. The third-order valence-electron chi connectivity index (χ3n) is 6.50. The van der Waals surface area contributed by atoms with Gasteiger partial charge in [-0.15, -0.1) is 5.53 Å². The number of allylic oxidation sites excluding steroid dienone is 2. The zero-order valence-electron chi connectivity index (χ0n) is 21.8. The van der Waals surface area contributed by atoms with Gasteiger partial charge in [-0.2, -0.15) is 18.2 Å². The van der Waals surface area contributed by atoms with Gasteiger partial charge in [0, 0.05) is 26.5 Å². The van der Waals surface area contributed by atoms with Crippen LogP contribution in [0.2, 0.25) is 0 Å². The molecule has 0 aromatic heterocycles. The van der Waals surface area contributed by atoms with Crippen LogP contribution in [0.1, 0.15) is 52.7 Å². The number of hydrogen-bond acceptors (Lipinski definition) is 2. The van der Waals surface area contributed by atoms with Crippen LogP contribution in [0, 0.1) is 0 Å². The van der Waals surface area contributed by atoms with E-state index in [2.05, 4.69) is 37.4 Å². The molecule has 0 bridgehead atoms. The fourth-order valence-electron chi connectivity index (χ4n) is 4.38. The molecule has 3 amide bonds. The van der Waals surface area contributed by atoms with E-state index in [0.29, 0.717) is 11.3 Å². The first kappa shape index (κ1) is 29.7. The maximum Gasteiger partial charge on any atom is 0.417 e. The molecule has 0 saturated carbocycles. The van der Waals surface area contributed by atoms with Crippen LogP contribution in [0.15, 0.2) is 87.4 Å². The Bertz CT molecular complexity index is 1500. The maximum atomic E-state index is 13.5. The van der Waals surface area contributed by atoms with Gasteiger partial charge in [-0.3, -0.25) is 9.69 Å². The highest BCUT2D eigenvalue weighted by Gasteiger charge is 2.33. The molecule has 12 heteroatoms. The predicted octanol–water partition coefficient (Wildman–Crippen LogP) is 6.33. The highest BCUT2D eigenvalue weighted by molar-refractivity contribution is 9.10. The van der Waals surface area contributed by atoms with Crippen molar-refractivity contribution in [1.82, 2.24) is 0 Å². The van der Waals surface area contributed by atoms with Crippen LogP contribution in [-0.4, -0.2) is 17.9 Å². The molecule has 0 unspecified atom stereocenters. The Balaban J connectivity index is 1.62. The first-order valence-corrected chi connectivity index (χ1v) is 13.5. The van der Waals surface area contributed by atoms with Crippen molar-refractivity contribution in [3.05, 3.63) is 99.5 Å². The van der Waals surface area contributed by atoms with E-state index >= 15 is 0 Å².